The Morgan fingerprint density at radius 3 is 2.30 bits per heavy atom. The van der Waals surface area contributed by atoms with E-state index in [2.05, 4.69) is 0 Å². The van der Waals surface area contributed by atoms with Crippen LogP contribution in [0.3, 0.4) is 0 Å². The topological polar surface area (TPSA) is 107 Å². The molecule has 4 N–H and O–H groups in total. The van der Waals surface area contributed by atoms with Crippen molar-refractivity contribution >= 4 is 5.78 Å². The van der Waals surface area contributed by atoms with E-state index in [1.165, 1.54) is 12.1 Å². The third-order valence-corrected chi connectivity index (χ3v) is 3.11. The van der Waals surface area contributed by atoms with Crippen molar-refractivity contribution in [2.45, 2.75) is 24.4 Å². The van der Waals surface area contributed by atoms with Gasteiger partial charge >= 0.3 is 0 Å². The van der Waals surface area contributed by atoms with Gasteiger partial charge in [0.15, 0.2) is 6.10 Å². The van der Waals surface area contributed by atoms with Crippen molar-refractivity contribution in [1.82, 2.24) is 0 Å². The molecule has 1 aromatic rings. The zero-order chi connectivity index (χ0) is 14.9. The molecule has 0 aromatic heterocycles. The maximum atomic E-state index is 12.8. The van der Waals surface area contributed by atoms with Crippen molar-refractivity contribution < 1.29 is 34.3 Å². The summed E-state index contributed by atoms with van der Waals surface area (Å²) in [6.07, 6.45) is -6.59. The molecule has 1 aromatic carbocycles. The lowest BCUT2D eigenvalue weighted by molar-refractivity contribution is -0.182. The summed E-state index contributed by atoms with van der Waals surface area (Å²) < 4.78 is 17.8. The number of ether oxygens (including phenoxy) is 1. The first-order valence-electron chi connectivity index (χ1n) is 5.94. The molecule has 0 amide bonds. The van der Waals surface area contributed by atoms with Crippen molar-refractivity contribution in [2.75, 3.05) is 6.61 Å². The van der Waals surface area contributed by atoms with Gasteiger partial charge in [-0.2, -0.15) is 0 Å². The van der Waals surface area contributed by atoms with Crippen LogP contribution in [-0.4, -0.2) is 57.2 Å². The maximum absolute atomic E-state index is 12.8. The quantitative estimate of drug-likeness (QED) is 0.531. The monoisotopic (exact) mass is 285 g/mol. The fourth-order valence-corrected chi connectivity index (χ4v) is 1.94. The number of Topliss-reactive ketones (excluding diaryl/α,β-unsaturated/α-hetero) is 1. The van der Waals surface area contributed by atoms with Gasteiger partial charge in [0, 0.05) is 5.56 Å². The van der Waals surface area contributed by atoms with Crippen molar-refractivity contribution in [3.63, 3.8) is 0 Å². The number of ketones is 1. The highest BCUT2D eigenvalue weighted by atomic mass is 19.1. The summed E-state index contributed by atoms with van der Waals surface area (Å²) in [5.41, 5.74) is 0.0562. The van der Waals surface area contributed by atoms with Crippen LogP contribution in [0.4, 0.5) is 4.39 Å². The molecular formula is C13H14FO6. The highest BCUT2D eigenvalue weighted by Crippen LogP contribution is 2.28. The van der Waals surface area contributed by atoms with Crippen LogP contribution in [0.5, 0.6) is 0 Å². The molecule has 1 aliphatic rings. The normalized spacial score (nSPS) is 31.2. The number of hydrogen-bond donors (Lipinski definition) is 4. The molecular weight excluding hydrogens is 271 g/mol. The van der Waals surface area contributed by atoms with Crippen LogP contribution in [0.2, 0.25) is 0 Å². The number of benzene rings is 1. The van der Waals surface area contributed by atoms with Gasteiger partial charge in [0.25, 0.3) is 0 Å². The summed E-state index contributed by atoms with van der Waals surface area (Å²) in [5, 5.41) is 38.0. The second-order valence-electron chi connectivity index (χ2n) is 4.47. The third-order valence-electron chi connectivity index (χ3n) is 3.11. The fraction of sp³-hybridized carbons (Fsp3) is 0.385. The van der Waals surface area contributed by atoms with Gasteiger partial charge in [0.05, 0.1) is 6.61 Å². The molecule has 4 atom stereocenters. The number of carbonyl (C=O) groups excluding carboxylic acids is 1. The van der Waals surface area contributed by atoms with Gasteiger partial charge in [-0.15, -0.1) is 0 Å². The largest absolute Gasteiger partial charge is 0.394 e. The van der Waals surface area contributed by atoms with E-state index in [9.17, 15) is 24.5 Å². The van der Waals surface area contributed by atoms with Crippen molar-refractivity contribution in [3.05, 3.63) is 41.8 Å². The molecule has 1 saturated heterocycles. The summed E-state index contributed by atoms with van der Waals surface area (Å²) in [7, 11) is 0. The molecule has 0 saturated carbocycles. The lowest BCUT2D eigenvalue weighted by Crippen LogP contribution is -2.57. The van der Waals surface area contributed by atoms with E-state index < -0.39 is 48.7 Å². The molecule has 1 radical (unpaired) electrons. The van der Waals surface area contributed by atoms with Gasteiger partial charge in [0.1, 0.15) is 30.2 Å². The Balaban J connectivity index is 2.22. The average molecular weight is 285 g/mol. The first-order chi connectivity index (χ1) is 9.45. The standard InChI is InChI=1S/C13H14FO6/c14-7-3-1-6(2-4-7)9(16)13-12(19)11(18)10(17)8(5-15)20-13/h1-4,8,10-12,15,17-19H,5H2/t8-,10+,11+,12-/m1/s1. The molecule has 0 aliphatic carbocycles. The van der Waals surface area contributed by atoms with Crippen LogP contribution in [-0.2, 0) is 4.74 Å². The zero-order valence-electron chi connectivity index (χ0n) is 10.3. The maximum Gasteiger partial charge on any atom is 0.201 e. The van der Waals surface area contributed by atoms with Crippen LogP contribution >= 0.6 is 0 Å². The van der Waals surface area contributed by atoms with Crippen LogP contribution in [0, 0.1) is 11.9 Å². The van der Waals surface area contributed by atoms with Crippen LogP contribution in [0.25, 0.3) is 0 Å². The molecule has 7 heteroatoms. The van der Waals surface area contributed by atoms with Crippen LogP contribution in [0.15, 0.2) is 24.3 Å². The van der Waals surface area contributed by atoms with Gasteiger partial charge in [-0.05, 0) is 24.3 Å². The molecule has 1 fully saturated rings. The highest BCUT2D eigenvalue weighted by Gasteiger charge is 2.47. The summed E-state index contributed by atoms with van der Waals surface area (Å²) in [5.74, 6) is -1.28. The van der Waals surface area contributed by atoms with Gasteiger partial charge in [-0.25, -0.2) is 4.39 Å². The van der Waals surface area contributed by atoms with Gasteiger partial charge < -0.3 is 25.2 Å². The Morgan fingerprint density at radius 2 is 1.75 bits per heavy atom. The number of hydrogen-bond acceptors (Lipinski definition) is 6. The predicted octanol–water partition coefficient (Wildman–Crippen LogP) is -0.986. The molecule has 0 unspecified atom stereocenters. The van der Waals surface area contributed by atoms with Gasteiger partial charge in [0.2, 0.25) is 5.78 Å². The Morgan fingerprint density at radius 1 is 1.15 bits per heavy atom. The van der Waals surface area contributed by atoms with Gasteiger partial charge in [-0.1, -0.05) is 0 Å². The minimum absolute atomic E-state index is 0.0562. The number of carbonyl (C=O) groups is 1. The average Bonchev–Trinajstić information content (AvgIpc) is 2.45. The minimum Gasteiger partial charge on any atom is -0.394 e. The first kappa shape index (κ1) is 15.0. The zero-order valence-corrected chi connectivity index (χ0v) is 10.3. The Bertz CT molecular complexity index is 474. The van der Waals surface area contributed by atoms with Crippen LogP contribution in [0.1, 0.15) is 10.4 Å². The van der Waals surface area contributed by atoms with E-state index in [0.29, 0.717) is 0 Å². The lowest BCUT2D eigenvalue weighted by Gasteiger charge is -2.38. The molecule has 1 aliphatic heterocycles. The van der Waals surface area contributed by atoms with E-state index in [1.54, 1.807) is 0 Å². The van der Waals surface area contributed by atoms with Crippen LogP contribution < -0.4 is 0 Å². The smallest absolute Gasteiger partial charge is 0.201 e. The minimum atomic E-state index is -1.72. The fourth-order valence-electron chi connectivity index (χ4n) is 1.94. The second kappa shape index (κ2) is 5.94. The molecule has 0 bridgehead atoms. The van der Waals surface area contributed by atoms with E-state index in [1.807, 2.05) is 0 Å². The summed E-state index contributed by atoms with van der Waals surface area (Å²) in [4.78, 5) is 12.1. The Hall–Kier alpha value is -1.38. The SMILES string of the molecule is O=C([C]1O[C@H](CO)[C@H](O)[C@H](O)[C@H]1O)c1ccc(F)cc1. The molecule has 109 valence electrons. The summed E-state index contributed by atoms with van der Waals surface area (Å²) in [6.45, 7) is -0.634. The second-order valence-corrected chi connectivity index (χ2v) is 4.47. The van der Waals surface area contributed by atoms with E-state index >= 15 is 0 Å². The lowest BCUT2D eigenvalue weighted by atomic mass is 9.91. The highest BCUT2D eigenvalue weighted by molar-refractivity contribution is 6.05. The van der Waals surface area contributed by atoms with E-state index in [4.69, 9.17) is 9.84 Å². The van der Waals surface area contributed by atoms with Crippen molar-refractivity contribution in [3.8, 4) is 0 Å². The van der Waals surface area contributed by atoms with E-state index in [0.717, 1.165) is 12.1 Å². The Kier molecular flexibility index (Phi) is 4.46. The first-order valence-corrected chi connectivity index (χ1v) is 5.94. The molecule has 2 rings (SSSR count). The molecule has 0 spiro atoms. The molecule has 6 nitrogen and oxygen atoms in total. The van der Waals surface area contributed by atoms with Gasteiger partial charge in [-0.3, -0.25) is 4.79 Å². The number of aliphatic hydroxyl groups is 4. The molecule has 20 heavy (non-hydrogen) atoms. The van der Waals surface area contributed by atoms with E-state index in [-0.39, 0.29) is 5.56 Å². The van der Waals surface area contributed by atoms with Crippen molar-refractivity contribution in [2.24, 2.45) is 0 Å². The Labute approximate surface area is 114 Å². The predicted molar refractivity (Wildman–Crippen MR) is 64.0 cm³/mol. The molecule has 1 heterocycles. The summed E-state index contributed by atoms with van der Waals surface area (Å²) >= 11 is 0. The summed E-state index contributed by atoms with van der Waals surface area (Å²) in [6, 6.07) is 4.54. The third kappa shape index (κ3) is 2.72. The number of aliphatic hydroxyl groups excluding tert-OH is 4. The number of rotatable bonds is 3. The van der Waals surface area contributed by atoms with Crippen molar-refractivity contribution in [1.29, 1.82) is 0 Å². The number of halogens is 1.